The highest BCUT2D eigenvalue weighted by Gasteiger charge is 2.36. The Labute approximate surface area is 214 Å². The summed E-state index contributed by atoms with van der Waals surface area (Å²) in [7, 11) is 4.02. The predicted molar refractivity (Wildman–Crippen MR) is 142 cm³/mol. The molecule has 0 bridgehead atoms. The third-order valence-electron chi connectivity index (χ3n) is 5.47. The molecule has 1 aliphatic rings. The number of ether oxygens (including phenoxy) is 1. The van der Waals surface area contributed by atoms with Crippen LogP contribution in [0, 0.1) is 6.92 Å². The Morgan fingerprint density at radius 2 is 1.83 bits per heavy atom. The number of benzene rings is 1. The lowest BCUT2D eigenvalue weighted by atomic mass is 10.1. The molecule has 0 spiro atoms. The summed E-state index contributed by atoms with van der Waals surface area (Å²) in [6.45, 7) is 10.8. The number of likely N-dealkylation sites (N-methyl/N-ethyl adjacent to an activating group) is 1. The van der Waals surface area contributed by atoms with E-state index in [9.17, 15) is 9.59 Å². The largest absolute Gasteiger partial charge is 0.492 e. The predicted octanol–water partition coefficient (Wildman–Crippen LogP) is 4.60. The summed E-state index contributed by atoms with van der Waals surface area (Å²) < 4.78 is 5.81. The smallest absolute Gasteiger partial charge is 0.276 e. The number of anilines is 1. The van der Waals surface area contributed by atoms with E-state index in [2.05, 4.69) is 21.4 Å². The Hall–Kier alpha value is -3.27. The van der Waals surface area contributed by atoms with E-state index in [1.165, 1.54) is 28.7 Å². The van der Waals surface area contributed by atoms with Gasteiger partial charge in [-0.05, 0) is 70.3 Å². The van der Waals surface area contributed by atoms with Crippen molar-refractivity contribution < 1.29 is 14.3 Å². The van der Waals surface area contributed by atoms with Crippen LogP contribution in [-0.4, -0.2) is 58.9 Å². The maximum Gasteiger partial charge on any atom is 0.276 e. The number of carbonyl (C=O) groups is 2. The zero-order valence-corrected chi connectivity index (χ0v) is 22.0. The van der Waals surface area contributed by atoms with Crippen molar-refractivity contribution in [3.05, 3.63) is 60.1 Å². The number of hydrogen-bond acceptors (Lipinski definition) is 8. The van der Waals surface area contributed by atoms with Gasteiger partial charge in [0.15, 0.2) is 5.82 Å². The van der Waals surface area contributed by atoms with Crippen molar-refractivity contribution in [1.82, 2.24) is 19.9 Å². The van der Waals surface area contributed by atoms with Crippen molar-refractivity contribution in [2.75, 3.05) is 32.3 Å². The van der Waals surface area contributed by atoms with Gasteiger partial charge in [0, 0.05) is 28.8 Å². The first kappa shape index (κ1) is 26.3. The van der Waals surface area contributed by atoms with Crippen molar-refractivity contribution in [1.29, 1.82) is 0 Å². The lowest BCUT2D eigenvalue weighted by Gasteiger charge is -2.31. The van der Waals surface area contributed by atoms with E-state index in [1.54, 1.807) is 13.8 Å². The van der Waals surface area contributed by atoms with Crippen LogP contribution in [-0.2, 0) is 9.59 Å². The third-order valence-corrected chi connectivity index (χ3v) is 6.72. The van der Waals surface area contributed by atoms with Gasteiger partial charge in [0.2, 0.25) is 0 Å². The van der Waals surface area contributed by atoms with Crippen LogP contribution in [0.1, 0.15) is 19.4 Å². The summed E-state index contributed by atoms with van der Waals surface area (Å²) in [5.41, 5.74) is 2.86. The number of carbonyl (C=O) groups excluding carboxylic acids is 2. The fourth-order valence-electron chi connectivity index (χ4n) is 3.75. The number of aryl methyl sites for hydroxylation is 1. The molecule has 2 aromatic heterocycles. The molecule has 0 saturated heterocycles. The highest BCUT2D eigenvalue weighted by molar-refractivity contribution is 7.22. The van der Waals surface area contributed by atoms with Gasteiger partial charge in [0.25, 0.3) is 11.8 Å². The van der Waals surface area contributed by atoms with E-state index in [1.807, 2.05) is 45.3 Å². The molecule has 2 amide bonds. The van der Waals surface area contributed by atoms with Crippen LogP contribution in [0.3, 0.4) is 0 Å². The average Bonchev–Trinajstić information content (AvgIpc) is 3.25. The number of fused-ring (bicyclic) bond motifs is 1. The van der Waals surface area contributed by atoms with E-state index in [4.69, 9.17) is 4.74 Å². The monoisotopic (exact) mass is 513 g/mol. The molecule has 8 nitrogen and oxygen atoms in total. The van der Waals surface area contributed by atoms with E-state index in [-0.39, 0.29) is 12.4 Å². The molecule has 3 heterocycles. The van der Waals surface area contributed by atoms with Crippen LogP contribution >= 0.6 is 23.7 Å². The number of hydrogen-bond donors (Lipinski definition) is 0. The zero-order chi connectivity index (χ0) is 24.6. The maximum absolute atomic E-state index is 12.7. The summed E-state index contributed by atoms with van der Waals surface area (Å²) in [5.74, 6) is 0.450. The summed E-state index contributed by atoms with van der Waals surface area (Å²) in [4.78, 5) is 38.1. The minimum Gasteiger partial charge on any atom is -0.492 e. The number of allylic oxidation sites excluding steroid dienone is 1. The van der Waals surface area contributed by atoms with Crippen LogP contribution in [0.4, 0.5) is 5.82 Å². The Bertz CT molecular complexity index is 1320. The molecule has 0 atom stereocenters. The van der Waals surface area contributed by atoms with E-state index < -0.39 is 11.8 Å². The molecular weight excluding hydrogens is 486 g/mol. The number of imide groups is 1. The number of amides is 2. The lowest BCUT2D eigenvalue weighted by Crippen LogP contribution is -2.46. The normalized spacial score (nSPS) is 13.3. The molecular formula is C25H28ClN5O3S. The molecule has 0 fully saturated rings. The van der Waals surface area contributed by atoms with E-state index in [0.717, 1.165) is 43.5 Å². The third kappa shape index (κ3) is 5.07. The van der Waals surface area contributed by atoms with Gasteiger partial charge in [-0.2, -0.15) is 5.01 Å². The van der Waals surface area contributed by atoms with Gasteiger partial charge in [-0.25, -0.2) is 15.0 Å². The summed E-state index contributed by atoms with van der Waals surface area (Å²) in [6.07, 6.45) is 2.77. The topological polar surface area (TPSA) is 78.9 Å². The molecule has 4 rings (SSSR count). The first-order valence-electron chi connectivity index (χ1n) is 10.8. The molecule has 3 aromatic rings. The zero-order valence-electron chi connectivity index (χ0n) is 20.4. The first-order chi connectivity index (χ1) is 16.2. The molecule has 0 saturated carbocycles. The van der Waals surface area contributed by atoms with Crippen molar-refractivity contribution in [2.24, 2.45) is 0 Å². The second-order valence-electron chi connectivity index (χ2n) is 8.44. The van der Waals surface area contributed by atoms with Gasteiger partial charge in [-0.15, -0.1) is 23.7 Å². The summed E-state index contributed by atoms with van der Waals surface area (Å²) >= 11 is 1.54. The minimum atomic E-state index is -0.421. The van der Waals surface area contributed by atoms with Gasteiger partial charge < -0.3 is 9.64 Å². The van der Waals surface area contributed by atoms with Crippen LogP contribution in [0.25, 0.3) is 20.7 Å². The van der Waals surface area contributed by atoms with Crippen LogP contribution in [0.5, 0.6) is 5.75 Å². The Morgan fingerprint density at radius 1 is 1.14 bits per heavy atom. The van der Waals surface area contributed by atoms with Crippen molar-refractivity contribution in [3.63, 3.8) is 0 Å². The molecule has 1 aliphatic heterocycles. The van der Waals surface area contributed by atoms with Crippen LogP contribution in [0.15, 0.2) is 54.5 Å². The standard InChI is InChI=1S/C25H27N5O3S.ClH/c1-15(2)29(30-20(31)13-16(3)25(30)32)23-21-17(4)22(34-24(21)27-14-26-23)18-7-9-19(10-8-18)33-12-11-28(5)6;/h7-10,13-14H,1,11-12H2,2-6H3;1H. The van der Waals surface area contributed by atoms with Gasteiger partial charge in [0.1, 0.15) is 23.5 Å². The minimum absolute atomic E-state index is 0. The Balaban J connectivity index is 0.00000342. The van der Waals surface area contributed by atoms with Crippen LogP contribution < -0.4 is 9.75 Å². The molecule has 1 aromatic carbocycles. The molecule has 0 aliphatic carbocycles. The second kappa shape index (κ2) is 10.6. The molecule has 10 heteroatoms. The van der Waals surface area contributed by atoms with Gasteiger partial charge in [-0.3, -0.25) is 9.59 Å². The number of nitrogens with zero attached hydrogens (tertiary/aromatic N) is 5. The molecule has 35 heavy (non-hydrogen) atoms. The van der Waals surface area contributed by atoms with E-state index in [0.29, 0.717) is 23.7 Å². The first-order valence-corrected chi connectivity index (χ1v) is 11.6. The fourth-order valence-corrected chi connectivity index (χ4v) is 4.90. The van der Waals surface area contributed by atoms with Crippen molar-refractivity contribution >= 4 is 51.6 Å². The maximum atomic E-state index is 12.7. The number of aromatic nitrogens is 2. The van der Waals surface area contributed by atoms with Gasteiger partial charge in [0.05, 0.1) is 5.39 Å². The Kier molecular flexibility index (Phi) is 7.94. The summed E-state index contributed by atoms with van der Waals surface area (Å²) in [6, 6.07) is 7.95. The molecule has 0 radical (unpaired) electrons. The average molecular weight is 514 g/mol. The molecule has 0 N–H and O–H groups in total. The number of rotatable bonds is 8. The fraction of sp³-hybridized carbons (Fsp3) is 0.280. The van der Waals surface area contributed by atoms with E-state index >= 15 is 0 Å². The van der Waals surface area contributed by atoms with Crippen LogP contribution in [0.2, 0.25) is 0 Å². The highest BCUT2D eigenvalue weighted by atomic mass is 35.5. The SMILES string of the molecule is C=C(C)N(c1ncnc2sc(-c3ccc(OCCN(C)C)cc3)c(C)c12)N1C(=O)C=C(C)C1=O.Cl. The van der Waals surface area contributed by atoms with Gasteiger partial charge >= 0.3 is 0 Å². The number of hydrazine groups is 1. The van der Waals surface area contributed by atoms with Crippen molar-refractivity contribution in [2.45, 2.75) is 20.8 Å². The van der Waals surface area contributed by atoms with Crippen molar-refractivity contribution in [3.8, 4) is 16.2 Å². The second-order valence-corrected chi connectivity index (χ2v) is 9.44. The summed E-state index contributed by atoms with van der Waals surface area (Å²) in [5, 5.41) is 3.34. The number of thiophene rings is 1. The molecule has 0 unspecified atom stereocenters. The lowest BCUT2D eigenvalue weighted by molar-refractivity contribution is -0.137. The molecule has 184 valence electrons. The quantitative estimate of drug-likeness (QED) is 0.407. The Morgan fingerprint density at radius 3 is 2.40 bits per heavy atom. The van der Waals surface area contributed by atoms with Gasteiger partial charge in [-0.1, -0.05) is 6.58 Å². The number of halogens is 1. The highest BCUT2D eigenvalue weighted by Crippen LogP contribution is 2.42.